The Morgan fingerprint density at radius 2 is 1.84 bits per heavy atom. The van der Waals surface area contributed by atoms with E-state index in [0.29, 0.717) is 32.8 Å². The van der Waals surface area contributed by atoms with E-state index in [-0.39, 0.29) is 16.3 Å². The van der Waals surface area contributed by atoms with E-state index in [1.165, 1.54) is 16.4 Å². The molecule has 0 amide bonds. The van der Waals surface area contributed by atoms with Gasteiger partial charge in [0.2, 0.25) is 10.0 Å². The largest absolute Gasteiger partial charge is 0.378 e. The van der Waals surface area contributed by atoms with E-state index >= 15 is 0 Å². The molecular formula is C21H27N5O5S. The zero-order chi connectivity index (χ0) is 22.6. The maximum absolute atomic E-state index is 12.9. The summed E-state index contributed by atoms with van der Waals surface area (Å²) < 4.78 is 32.7. The van der Waals surface area contributed by atoms with Gasteiger partial charge in [0, 0.05) is 50.6 Å². The van der Waals surface area contributed by atoms with Crippen LogP contribution in [0, 0.1) is 10.1 Å². The molecule has 0 aliphatic carbocycles. The van der Waals surface area contributed by atoms with E-state index in [4.69, 9.17) is 4.74 Å². The van der Waals surface area contributed by atoms with Gasteiger partial charge in [0.15, 0.2) is 0 Å². The average molecular weight is 462 g/mol. The molecule has 2 fully saturated rings. The summed E-state index contributed by atoms with van der Waals surface area (Å²) in [6, 6.07) is 7.80. The molecule has 4 rings (SSSR count). The summed E-state index contributed by atoms with van der Waals surface area (Å²) in [6.45, 7) is 3.92. The van der Waals surface area contributed by atoms with Crippen molar-refractivity contribution in [2.45, 2.75) is 30.7 Å². The molecule has 32 heavy (non-hydrogen) atoms. The van der Waals surface area contributed by atoms with E-state index in [1.807, 2.05) is 12.1 Å². The Bertz CT molecular complexity index is 1070. The van der Waals surface area contributed by atoms with Crippen LogP contribution in [0.25, 0.3) is 0 Å². The summed E-state index contributed by atoms with van der Waals surface area (Å²) in [7, 11) is -3.75. The van der Waals surface area contributed by atoms with Crippen molar-refractivity contribution in [3.63, 3.8) is 0 Å². The molecule has 10 nitrogen and oxygen atoms in total. The van der Waals surface area contributed by atoms with E-state index in [0.717, 1.165) is 49.8 Å². The zero-order valence-electron chi connectivity index (χ0n) is 17.8. The Morgan fingerprint density at radius 3 is 2.56 bits per heavy atom. The molecule has 0 saturated carbocycles. The fourth-order valence-electron chi connectivity index (χ4n) is 4.05. The van der Waals surface area contributed by atoms with Gasteiger partial charge in [0.25, 0.3) is 5.69 Å². The summed E-state index contributed by atoms with van der Waals surface area (Å²) in [5.74, 6) is 0.815. The number of hydrogen-bond acceptors (Lipinski definition) is 8. The Morgan fingerprint density at radius 1 is 1.09 bits per heavy atom. The Kier molecular flexibility index (Phi) is 6.87. The lowest BCUT2D eigenvalue weighted by atomic mass is 10.2. The lowest BCUT2D eigenvalue weighted by Gasteiger charge is -2.29. The van der Waals surface area contributed by atoms with Crippen molar-refractivity contribution in [1.82, 2.24) is 9.29 Å². The fraction of sp³-hybridized carbons (Fsp3) is 0.476. The third-order valence-electron chi connectivity index (χ3n) is 5.77. The van der Waals surface area contributed by atoms with E-state index in [1.54, 1.807) is 6.20 Å². The number of nitrogens with one attached hydrogen (secondary N) is 1. The minimum absolute atomic E-state index is 0.0490. The van der Waals surface area contributed by atoms with Gasteiger partial charge >= 0.3 is 0 Å². The quantitative estimate of drug-likeness (QED) is 0.494. The number of benzene rings is 1. The number of nitrogens with zero attached hydrogens (tertiary/aromatic N) is 4. The summed E-state index contributed by atoms with van der Waals surface area (Å²) in [6.07, 6.45) is 4.32. The van der Waals surface area contributed by atoms with Crippen LogP contribution in [0.4, 0.5) is 17.2 Å². The smallest absolute Gasteiger partial charge is 0.293 e. The van der Waals surface area contributed by atoms with Crippen LogP contribution in [0.3, 0.4) is 0 Å². The summed E-state index contributed by atoms with van der Waals surface area (Å²) in [5, 5.41) is 14.8. The SMILES string of the molecule is O=[N+]([O-])c1cc(S(=O)(=O)N2CCCCC2)ccc1NCc1cccnc1N1CCOCC1. The molecule has 172 valence electrons. The molecule has 0 radical (unpaired) electrons. The second-order valence-corrected chi connectivity index (χ2v) is 9.78. The van der Waals surface area contributed by atoms with Gasteiger partial charge in [-0.2, -0.15) is 4.31 Å². The van der Waals surface area contributed by atoms with Gasteiger partial charge in [-0.05, 0) is 31.0 Å². The highest BCUT2D eigenvalue weighted by molar-refractivity contribution is 7.89. The van der Waals surface area contributed by atoms with E-state index in [9.17, 15) is 18.5 Å². The Balaban J connectivity index is 1.55. The molecule has 1 aromatic carbocycles. The van der Waals surface area contributed by atoms with Crippen molar-refractivity contribution in [2.24, 2.45) is 0 Å². The highest BCUT2D eigenvalue weighted by Crippen LogP contribution is 2.31. The fourth-order valence-corrected chi connectivity index (χ4v) is 5.58. The lowest BCUT2D eigenvalue weighted by Crippen LogP contribution is -2.37. The molecule has 0 bridgehead atoms. The van der Waals surface area contributed by atoms with Gasteiger partial charge in [-0.1, -0.05) is 12.5 Å². The van der Waals surface area contributed by atoms with Crippen LogP contribution < -0.4 is 10.2 Å². The minimum Gasteiger partial charge on any atom is -0.378 e. The number of sulfonamides is 1. The van der Waals surface area contributed by atoms with Crippen LogP contribution in [0.5, 0.6) is 0 Å². The normalized spacial score (nSPS) is 17.8. The van der Waals surface area contributed by atoms with Crippen molar-refractivity contribution in [1.29, 1.82) is 0 Å². The first kappa shape index (κ1) is 22.4. The van der Waals surface area contributed by atoms with Crippen LogP contribution >= 0.6 is 0 Å². The summed E-state index contributed by atoms with van der Waals surface area (Å²) in [4.78, 5) is 17.7. The Hall–Kier alpha value is -2.76. The standard InChI is InChI=1S/C21H27N5O5S/c27-26(28)20-15-18(32(29,30)25-9-2-1-3-10-25)6-7-19(20)23-16-17-5-4-8-22-21(17)24-11-13-31-14-12-24/h4-8,15,23H,1-3,9-14,16H2. The van der Waals surface area contributed by atoms with Crippen molar-refractivity contribution in [3.05, 3.63) is 52.2 Å². The molecule has 1 aromatic heterocycles. The number of morpholine rings is 1. The predicted octanol–water partition coefficient (Wildman–Crippen LogP) is 2.61. The van der Waals surface area contributed by atoms with Gasteiger partial charge in [0.05, 0.1) is 23.0 Å². The second kappa shape index (κ2) is 9.80. The number of nitro groups is 1. The van der Waals surface area contributed by atoms with Gasteiger partial charge < -0.3 is 15.0 Å². The van der Waals surface area contributed by atoms with Gasteiger partial charge in [0.1, 0.15) is 11.5 Å². The Labute approximate surface area is 187 Å². The van der Waals surface area contributed by atoms with Crippen LogP contribution in [-0.4, -0.2) is 62.0 Å². The molecule has 2 saturated heterocycles. The van der Waals surface area contributed by atoms with Gasteiger partial charge in [-0.25, -0.2) is 13.4 Å². The molecule has 2 aliphatic heterocycles. The molecule has 2 aliphatic rings. The molecule has 0 unspecified atom stereocenters. The van der Waals surface area contributed by atoms with Crippen molar-refractivity contribution < 1.29 is 18.1 Å². The molecule has 0 spiro atoms. The highest BCUT2D eigenvalue weighted by Gasteiger charge is 2.28. The summed E-state index contributed by atoms with van der Waals surface area (Å²) >= 11 is 0. The highest BCUT2D eigenvalue weighted by atomic mass is 32.2. The van der Waals surface area contributed by atoms with Crippen molar-refractivity contribution in [3.8, 4) is 0 Å². The van der Waals surface area contributed by atoms with Crippen LogP contribution in [-0.2, 0) is 21.3 Å². The molecule has 1 N–H and O–H groups in total. The summed E-state index contributed by atoms with van der Waals surface area (Å²) in [5.41, 5.74) is 0.901. The van der Waals surface area contributed by atoms with Crippen LogP contribution in [0.2, 0.25) is 0 Å². The van der Waals surface area contributed by atoms with E-state index in [2.05, 4.69) is 15.2 Å². The third kappa shape index (κ3) is 4.84. The number of rotatable bonds is 7. The maximum atomic E-state index is 12.9. The zero-order valence-corrected chi connectivity index (χ0v) is 18.6. The molecule has 11 heteroatoms. The second-order valence-electron chi connectivity index (χ2n) is 7.84. The first-order valence-corrected chi connectivity index (χ1v) is 12.2. The van der Waals surface area contributed by atoms with Crippen LogP contribution in [0.15, 0.2) is 41.4 Å². The number of ether oxygens (including phenoxy) is 1. The first-order valence-electron chi connectivity index (χ1n) is 10.8. The number of hydrogen-bond donors (Lipinski definition) is 1. The molecule has 0 atom stereocenters. The molecule has 2 aromatic rings. The first-order chi connectivity index (χ1) is 15.5. The van der Waals surface area contributed by atoms with Crippen LogP contribution in [0.1, 0.15) is 24.8 Å². The number of anilines is 2. The monoisotopic (exact) mass is 461 g/mol. The van der Waals surface area contributed by atoms with Gasteiger partial charge in [-0.15, -0.1) is 0 Å². The average Bonchev–Trinajstić information content (AvgIpc) is 2.84. The molecule has 3 heterocycles. The minimum atomic E-state index is -3.75. The topological polar surface area (TPSA) is 118 Å². The third-order valence-corrected chi connectivity index (χ3v) is 7.66. The number of piperidine rings is 1. The maximum Gasteiger partial charge on any atom is 0.293 e. The molecular weight excluding hydrogens is 434 g/mol. The number of aromatic nitrogens is 1. The van der Waals surface area contributed by atoms with Crippen molar-refractivity contribution in [2.75, 3.05) is 49.6 Å². The van der Waals surface area contributed by atoms with Gasteiger partial charge in [-0.3, -0.25) is 10.1 Å². The lowest BCUT2D eigenvalue weighted by molar-refractivity contribution is -0.384. The predicted molar refractivity (Wildman–Crippen MR) is 120 cm³/mol. The number of pyridine rings is 1. The number of nitro benzene ring substituents is 1. The van der Waals surface area contributed by atoms with E-state index < -0.39 is 14.9 Å². The van der Waals surface area contributed by atoms with Crippen molar-refractivity contribution >= 4 is 27.2 Å².